The van der Waals surface area contributed by atoms with Crippen LogP contribution >= 0.6 is 0 Å². The van der Waals surface area contributed by atoms with Crippen LogP contribution in [-0.2, 0) is 11.2 Å². The van der Waals surface area contributed by atoms with Crippen molar-refractivity contribution in [2.75, 3.05) is 23.7 Å². The van der Waals surface area contributed by atoms with Crippen LogP contribution in [0.25, 0.3) is 0 Å². The predicted octanol–water partition coefficient (Wildman–Crippen LogP) is 3.76. The topological polar surface area (TPSA) is 87.5 Å². The van der Waals surface area contributed by atoms with Crippen LogP contribution in [-0.4, -0.2) is 35.1 Å². The molecule has 0 fully saturated rings. The number of urea groups is 1. The number of aryl methyl sites for hydroxylation is 1. The first-order chi connectivity index (χ1) is 12.5. The van der Waals surface area contributed by atoms with Crippen LogP contribution in [0.4, 0.5) is 16.3 Å². The van der Waals surface area contributed by atoms with Gasteiger partial charge in [0.2, 0.25) is 5.91 Å². The maximum absolute atomic E-state index is 12.7. The third-order valence-electron chi connectivity index (χ3n) is 3.89. The van der Waals surface area contributed by atoms with E-state index in [0.29, 0.717) is 18.3 Å². The van der Waals surface area contributed by atoms with Crippen molar-refractivity contribution in [1.82, 2.24) is 10.1 Å². The lowest BCUT2D eigenvalue weighted by Crippen LogP contribution is -2.41. The SMILES string of the molecule is CCc1cccc(NC(=O)N(CCC(C)C)CC(=O)Nc2ccon2)c1. The van der Waals surface area contributed by atoms with Crippen LogP contribution in [0.2, 0.25) is 0 Å². The van der Waals surface area contributed by atoms with Gasteiger partial charge < -0.3 is 20.1 Å². The number of rotatable bonds is 8. The predicted molar refractivity (Wildman–Crippen MR) is 101 cm³/mol. The number of hydrogen-bond donors (Lipinski definition) is 2. The number of aromatic nitrogens is 1. The second kappa shape index (κ2) is 9.60. The van der Waals surface area contributed by atoms with E-state index in [1.165, 1.54) is 11.2 Å². The summed E-state index contributed by atoms with van der Waals surface area (Å²) in [6.07, 6.45) is 3.07. The number of amides is 3. The van der Waals surface area contributed by atoms with Gasteiger partial charge in [-0.2, -0.15) is 0 Å². The summed E-state index contributed by atoms with van der Waals surface area (Å²) in [7, 11) is 0. The third-order valence-corrected chi connectivity index (χ3v) is 3.89. The quantitative estimate of drug-likeness (QED) is 0.752. The highest BCUT2D eigenvalue weighted by Gasteiger charge is 2.18. The van der Waals surface area contributed by atoms with E-state index in [-0.39, 0.29) is 18.5 Å². The lowest BCUT2D eigenvalue weighted by Gasteiger charge is -2.23. The molecule has 7 heteroatoms. The smallest absolute Gasteiger partial charge is 0.322 e. The summed E-state index contributed by atoms with van der Waals surface area (Å²) in [6.45, 7) is 6.65. The average Bonchev–Trinajstić information content (AvgIpc) is 3.11. The Balaban J connectivity index is 2.01. The summed E-state index contributed by atoms with van der Waals surface area (Å²) in [5.41, 5.74) is 1.86. The number of carbonyl (C=O) groups excluding carboxylic acids is 2. The first kappa shape index (κ1) is 19.5. The molecule has 0 atom stereocenters. The molecule has 0 spiro atoms. The third kappa shape index (κ3) is 6.23. The summed E-state index contributed by atoms with van der Waals surface area (Å²) in [6, 6.07) is 8.95. The van der Waals surface area contributed by atoms with Crippen LogP contribution in [0.3, 0.4) is 0 Å². The van der Waals surface area contributed by atoms with Gasteiger partial charge in [-0.15, -0.1) is 0 Å². The van der Waals surface area contributed by atoms with Crippen LogP contribution in [0, 0.1) is 5.92 Å². The molecule has 140 valence electrons. The fourth-order valence-electron chi connectivity index (χ4n) is 2.37. The van der Waals surface area contributed by atoms with Gasteiger partial charge in [0.25, 0.3) is 0 Å². The van der Waals surface area contributed by atoms with Gasteiger partial charge in [0.05, 0.1) is 0 Å². The highest BCUT2D eigenvalue weighted by atomic mass is 16.5. The number of benzene rings is 1. The highest BCUT2D eigenvalue weighted by molar-refractivity contribution is 5.96. The number of carbonyl (C=O) groups is 2. The van der Waals surface area contributed by atoms with Gasteiger partial charge >= 0.3 is 6.03 Å². The maximum Gasteiger partial charge on any atom is 0.322 e. The molecule has 0 saturated heterocycles. The van der Waals surface area contributed by atoms with E-state index < -0.39 is 0 Å². The summed E-state index contributed by atoms with van der Waals surface area (Å²) in [5, 5.41) is 9.13. The van der Waals surface area contributed by atoms with Gasteiger partial charge in [0, 0.05) is 18.3 Å². The molecule has 26 heavy (non-hydrogen) atoms. The van der Waals surface area contributed by atoms with E-state index in [9.17, 15) is 9.59 Å². The molecule has 0 aliphatic rings. The summed E-state index contributed by atoms with van der Waals surface area (Å²) in [4.78, 5) is 26.4. The van der Waals surface area contributed by atoms with E-state index in [0.717, 1.165) is 24.1 Å². The molecule has 2 N–H and O–H groups in total. The minimum atomic E-state index is -0.319. The van der Waals surface area contributed by atoms with E-state index in [1.54, 1.807) is 6.07 Å². The maximum atomic E-state index is 12.7. The second-order valence-corrected chi connectivity index (χ2v) is 6.52. The largest absolute Gasteiger partial charge is 0.363 e. The monoisotopic (exact) mass is 358 g/mol. The van der Waals surface area contributed by atoms with Gasteiger partial charge in [0.1, 0.15) is 12.8 Å². The van der Waals surface area contributed by atoms with Gasteiger partial charge in [-0.1, -0.05) is 38.1 Å². The fraction of sp³-hybridized carbons (Fsp3) is 0.421. The Hall–Kier alpha value is -2.83. The van der Waals surface area contributed by atoms with E-state index in [1.807, 2.05) is 24.3 Å². The van der Waals surface area contributed by atoms with Crippen molar-refractivity contribution in [2.24, 2.45) is 5.92 Å². The summed E-state index contributed by atoms with van der Waals surface area (Å²) < 4.78 is 4.69. The lowest BCUT2D eigenvalue weighted by molar-refractivity contribution is -0.116. The minimum absolute atomic E-state index is 0.0567. The van der Waals surface area contributed by atoms with E-state index in [2.05, 4.69) is 41.1 Å². The lowest BCUT2D eigenvalue weighted by atomic mass is 10.1. The Labute approximate surface area is 153 Å². The minimum Gasteiger partial charge on any atom is -0.363 e. The molecule has 0 aliphatic carbocycles. The molecular formula is C19H26N4O3. The Morgan fingerprint density at radius 3 is 2.69 bits per heavy atom. The first-order valence-corrected chi connectivity index (χ1v) is 8.83. The van der Waals surface area contributed by atoms with E-state index in [4.69, 9.17) is 0 Å². The zero-order valence-electron chi connectivity index (χ0n) is 15.5. The molecule has 3 amide bonds. The molecule has 0 saturated carbocycles. The van der Waals surface area contributed by atoms with Crippen molar-refractivity contribution in [3.63, 3.8) is 0 Å². The van der Waals surface area contributed by atoms with Gasteiger partial charge in [0.15, 0.2) is 5.82 Å². The van der Waals surface area contributed by atoms with Gasteiger partial charge in [-0.25, -0.2) is 4.79 Å². The number of hydrogen-bond acceptors (Lipinski definition) is 4. The van der Waals surface area contributed by atoms with Crippen LogP contribution < -0.4 is 10.6 Å². The van der Waals surface area contributed by atoms with E-state index >= 15 is 0 Å². The molecule has 1 aromatic heterocycles. The van der Waals surface area contributed by atoms with Crippen molar-refractivity contribution in [3.8, 4) is 0 Å². The zero-order valence-corrected chi connectivity index (χ0v) is 15.5. The fourth-order valence-corrected chi connectivity index (χ4v) is 2.37. The average molecular weight is 358 g/mol. The number of nitrogens with zero attached hydrogens (tertiary/aromatic N) is 2. The summed E-state index contributed by atoms with van der Waals surface area (Å²) >= 11 is 0. The first-order valence-electron chi connectivity index (χ1n) is 8.83. The Morgan fingerprint density at radius 2 is 2.04 bits per heavy atom. The number of nitrogens with one attached hydrogen (secondary N) is 2. The molecule has 1 aromatic carbocycles. The molecule has 0 unspecified atom stereocenters. The Morgan fingerprint density at radius 1 is 1.23 bits per heavy atom. The Bertz CT molecular complexity index is 713. The molecule has 2 aromatic rings. The van der Waals surface area contributed by atoms with Crippen molar-refractivity contribution in [1.29, 1.82) is 0 Å². The van der Waals surface area contributed by atoms with Crippen LogP contribution in [0.15, 0.2) is 41.1 Å². The molecule has 1 heterocycles. The normalized spacial score (nSPS) is 10.6. The van der Waals surface area contributed by atoms with Crippen molar-refractivity contribution >= 4 is 23.4 Å². The molecule has 0 aliphatic heterocycles. The van der Waals surface area contributed by atoms with Crippen LogP contribution in [0.1, 0.15) is 32.8 Å². The standard InChI is InChI=1S/C19H26N4O3/c1-4-15-6-5-7-16(12-15)20-19(25)23(10-8-14(2)3)13-18(24)21-17-9-11-26-22-17/h5-7,9,11-12,14H,4,8,10,13H2,1-3H3,(H,20,25)(H,21,22,24). The van der Waals surface area contributed by atoms with Gasteiger partial charge in [-0.05, 0) is 36.5 Å². The van der Waals surface area contributed by atoms with Crippen molar-refractivity contribution in [2.45, 2.75) is 33.6 Å². The van der Waals surface area contributed by atoms with Crippen molar-refractivity contribution < 1.29 is 14.1 Å². The summed E-state index contributed by atoms with van der Waals surface area (Å²) in [5.74, 6) is 0.433. The Kier molecular flexibility index (Phi) is 7.20. The molecule has 0 radical (unpaired) electrons. The molecule has 2 rings (SSSR count). The van der Waals surface area contributed by atoms with Crippen molar-refractivity contribution in [3.05, 3.63) is 42.2 Å². The molecule has 7 nitrogen and oxygen atoms in total. The van der Waals surface area contributed by atoms with Gasteiger partial charge in [-0.3, -0.25) is 4.79 Å². The highest BCUT2D eigenvalue weighted by Crippen LogP contribution is 2.13. The zero-order chi connectivity index (χ0) is 18.9. The molecular weight excluding hydrogens is 332 g/mol. The number of anilines is 2. The molecule has 0 bridgehead atoms. The second-order valence-electron chi connectivity index (χ2n) is 6.52. The van der Waals surface area contributed by atoms with Crippen LogP contribution in [0.5, 0.6) is 0 Å².